The largest absolute Gasteiger partial charge is 0.486 e. The monoisotopic (exact) mass is 382 g/mol. The van der Waals surface area contributed by atoms with Crippen LogP contribution in [0.1, 0.15) is 31.4 Å². The number of carbonyl (C=O) groups is 2. The van der Waals surface area contributed by atoms with Gasteiger partial charge in [0.1, 0.15) is 11.9 Å². The summed E-state index contributed by atoms with van der Waals surface area (Å²) in [5.41, 5.74) is 3.36. The van der Waals surface area contributed by atoms with Crippen molar-refractivity contribution in [1.29, 1.82) is 0 Å². The fourth-order valence-electron chi connectivity index (χ4n) is 3.14. The minimum atomic E-state index is -0.259. The second-order valence-electron chi connectivity index (χ2n) is 6.84. The Balaban J connectivity index is 1.72. The molecule has 6 nitrogen and oxygen atoms in total. The van der Waals surface area contributed by atoms with Gasteiger partial charge in [-0.2, -0.15) is 0 Å². The third kappa shape index (κ3) is 4.63. The number of benzene rings is 2. The average molecular weight is 382 g/mol. The van der Waals surface area contributed by atoms with Crippen LogP contribution < -0.4 is 15.0 Å². The van der Waals surface area contributed by atoms with E-state index in [1.54, 1.807) is 24.0 Å². The van der Waals surface area contributed by atoms with Gasteiger partial charge in [0.05, 0.1) is 25.3 Å². The fraction of sp³-hybridized carbons (Fsp3) is 0.364. The van der Waals surface area contributed by atoms with Crippen molar-refractivity contribution < 1.29 is 19.1 Å². The Morgan fingerprint density at radius 1 is 1.18 bits per heavy atom. The number of nitrogens with zero attached hydrogens (tertiary/aromatic N) is 1. The van der Waals surface area contributed by atoms with Crippen molar-refractivity contribution in [3.8, 4) is 5.75 Å². The standard InChI is InChI=1S/C22H26N2O4/c1-4-18-14-24(19-12-15(3)6-11-20(19)28-18)22(26)23-17-9-7-16(8-10-17)13-21(25)27-5-2/h6-12,18H,4-5,13-14H2,1-3H3,(H,23,26)/t18-/m0/s1. The lowest BCUT2D eigenvalue weighted by Gasteiger charge is -2.34. The Bertz CT molecular complexity index is 848. The molecule has 2 aromatic carbocycles. The molecule has 1 aliphatic heterocycles. The molecule has 2 aromatic rings. The lowest BCUT2D eigenvalue weighted by atomic mass is 10.1. The highest BCUT2D eigenvalue weighted by atomic mass is 16.5. The van der Waals surface area contributed by atoms with Crippen molar-refractivity contribution in [2.75, 3.05) is 23.4 Å². The second kappa shape index (κ2) is 8.78. The van der Waals surface area contributed by atoms with Crippen molar-refractivity contribution in [1.82, 2.24) is 0 Å². The van der Waals surface area contributed by atoms with Gasteiger partial charge in [-0.05, 0) is 55.7 Å². The summed E-state index contributed by atoms with van der Waals surface area (Å²) in [5.74, 6) is 0.467. The van der Waals surface area contributed by atoms with Gasteiger partial charge >= 0.3 is 12.0 Å². The van der Waals surface area contributed by atoms with Crippen LogP contribution in [-0.2, 0) is 16.0 Å². The minimum Gasteiger partial charge on any atom is -0.486 e. The zero-order chi connectivity index (χ0) is 20.1. The van der Waals surface area contributed by atoms with Crippen molar-refractivity contribution in [2.24, 2.45) is 0 Å². The van der Waals surface area contributed by atoms with Crippen molar-refractivity contribution in [3.05, 3.63) is 53.6 Å². The number of fused-ring (bicyclic) bond motifs is 1. The maximum absolute atomic E-state index is 12.9. The van der Waals surface area contributed by atoms with Gasteiger partial charge in [0, 0.05) is 5.69 Å². The Kier molecular flexibility index (Phi) is 6.19. The maximum atomic E-state index is 12.9. The van der Waals surface area contributed by atoms with Gasteiger partial charge in [-0.25, -0.2) is 4.79 Å². The molecule has 3 rings (SSSR count). The van der Waals surface area contributed by atoms with Crippen LogP contribution in [0.25, 0.3) is 0 Å². The third-order valence-electron chi connectivity index (χ3n) is 4.64. The number of esters is 1. The van der Waals surface area contributed by atoms with E-state index >= 15 is 0 Å². The van der Waals surface area contributed by atoms with E-state index in [0.717, 1.165) is 29.0 Å². The summed E-state index contributed by atoms with van der Waals surface area (Å²) >= 11 is 0. The van der Waals surface area contributed by atoms with E-state index in [0.29, 0.717) is 18.8 Å². The molecule has 0 radical (unpaired) electrons. The molecule has 1 aliphatic rings. The molecule has 6 heteroatoms. The third-order valence-corrected chi connectivity index (χ3v) is 4.64. The second-order valence-corrected chi connectivity index (χ2v) is 6.84. The van der Waals surface area contributed by atoms with E-state index < -0.39 is 0 Å². The van der Waals surface area contributed by atoms with Crippen LogP contribution in [0.3, 0.4) is 0 Å². The zero-order valence-corrected chi connectivity index (χ0v) is 16.5. The van der Waals surface area contributed by atoms with Crippen LogP contribution in [0.4, 0.5) is 16.2 Å². The van der Waals surface area contributed by atoms with E-state index in [9.17, 15) is 9.59 Å². The number of rotatable bonds is 5. The van der Waals surface area contributed by atoms with Gasteiger partial charge in [-0.15, -0.1) is 0 Å². The number of aryl methyl sites for hydroxylation is 1. The fourth-order valence-corrected chi connectivity index (χ4v) is 3.14. The zero-order valence-electron chi connectivity index (χ0n) is 16.5. The Labute approximate surface area is 165 Å². The van der Waals surface area contributed by atoms with Crippen molar-refractivity contribution in [3.63, 3.8) is 0 Å². The first kappa shape index (κ1) is 19.7. The van der Waals surface area contributed by atoms with Crippen molar-refractivity contribution in [2.45, 2.75) is 39.7 Å². The van der Waals surface area contributed by atoms with E-state index in [4.69, 9.17) is 9.47 Å². The first-order valence-electron chi connectivity index (χ1n) is 9.60. The SMILES string of the molecule is CCOC(=O)Cc1ccc(NC(=O)N2C[C@H](CC)Oc3ccc(C)cc32)cc1. The molecule has 2 amide bonds. The minimum absolute atomic E-state index is 0.0343. The normalized spacial score (nSPS) is 15.4. The molecule has 0 fully saturated rings. The molecule has 0 aliphatic carbocycles. The van der Waals surface area contributed by atoms with E-state index in [-0.39, 0.29) is 24.5 Å². The molecule has 148 valence electrons. The molecule has 0 spiro atoms. The summed E-state index contributed by atoms with van der Waals surface area (Å²) in [6, 6.07) is 12.9. The maximum Gasteiger partial charge on any atom is 0.326 e. The molecular weight excluding hydrogens is 356 g/mol. The number of carbonyl (C=O) groups excluding carboxylic acids is 2. The van der Waals surface area contributed by atoms with Crippen LogP contribution in [0.2, 0.25) is 0 Å². The topological polar surface area (TPSA) is 67.9 Å². The van der Waals surface area contributed by atoms with Crippen LogP contribution in [0.15, 0.2) is 42.5 Å². The van der Waals surface area contributed by atoms with Crippen LogP contribution in [-0.4, -0.2) is 31.3 Å². The molecule has 1 N–H and O–H groups in total. The van der Waals surface area contributed by atoms with E-state index in [2.05, 4.69) is 5.32 Å². The van der Waals surface area contributed by atoms with E-state index in [1.807, 2.05) is 44.2 Å². The quantitative estimate of drug-likeness (QED) is 0.783. The number of ether oxygens (including phenoxy) is 2. The van der Waals surface area contributed by atoms with Crippen LogP contribution >= 0.6 is 0 Å². The lowest BCUT2D eigenvalue weighted by Crippen LogP contribution is -2.45. The van der Waals surface area contributed by atoms with E-state index in [1.165, 1.54) is 0 Å². The summed E-state index contributed by atoms with van der Waals surface area (Å²) in [6.45, 7) is 6.68. The summed E-state index contributed by atoms with van der Waals surface area (Å²) in [4.78, 5) is 26.2. The number of amides is 2. The number of nitrogens with one attached hydrogen (secondary N) is 1. The lowest BCUT2D eigenvalue weighted by molar-refractivity contribution is -0.142. The highest BCUT2D eigenvalue weighted by Crippen LogP contribution is 2.35. The Morgan fingerprint density at radius 2 is 1.93 bits per heavy atom. The van der Waals surface area contributed by atoms with Gasteiger partial charge in [-0.1, -0.05) is 25.1 Å². The van der Waals surface area contributed by atoms with Gasteiger partial charge in [0.2, 0.25) is 0 Å². The summed E-state index contributed by atoms with van der Waals surface area (Å²) in [5, 5.41) is 2.94. The van der Waals surface area contributed by atoms with Gasteiger partial charge in [0.25, 0.3) is 0 Å². The molecule has 1 atom stereocenters. The molecule has 0 unspecified atom stereocenters. The predicted octanol–water partition coefficient (Wildman–Crippen LogP) is 4.31. The molecule has 0 aromatic heterocycles. The molecular formula is C22H26N2O4. The Hall–Kier alpha value is -3.02. The molecule has 0 bridgehead atoms. The molecule has 0 saturated carbocycles. The highest BCUT2D eigenvalue weighted by Gasteiger charge is 2.29. The van der Waals surface area contributed by atoms with Crippen LogP contribution in [0, 0.1) is 6.92 Å². The summed E-state index contributed by atoms with van der Waals surface area (Å²) in [7, 11) is 0. The van der Waals surface area contributed by atoms with Crippen molar-refractivity contribution >= 4 is 23.4 Å². The molecule has 28 heavy (non-hydrogen) atoms. The highest BCUT2D eigenvalue weighted by molar-refractivity contribution is 6.03. The van der Waals surface area contributed by atoms with Gasteiger partial charge < -0.3 is 14.8 Å². The van der Waals surface area contributed by atoms with Gasteiger partial charge in [-0.3, -0.25) is 9.69 Å². The first-order chi connectivity index (χ1) is 13.5. The number of anilines is 2. The first-order valence-corrected chi connectivity index (χ1v) is 9.60. The molecule has 1 heterocycles. The number of hydrogen-bond donors (Lipinski definition) is 1. The van der Waals surface area contributed by atoms with Crippen LogP contribution in [0.5, 0.6) is 5.75 Å². The number of urea groups is 1. The molecule has 0 saturated heterocycles. The van der Waals surface area contributed by atoms with Gasteiger partial charge in [0.15, 0.2) is 0 Å². The average Bonchev–Trinajstić information content (AvgIpc) is 2.68. The smallest absolute Gasteiger partial charge is 0.326 e. The Morgan fingerprint density at radius 3 is 2.61 bits per heavy atom. The summed E-state index contributed by atoms with van der Waals surface area (Å²) in [6.07, 6.45) is 1.00. The predicted molar refractivity (Wildman–Crippen MR) is 109 cm³/mol. The number of hydrogen-bond acceptors (Lipinski definition) is 4. The summed E-state index contributed by atoms with van der Waals surface area (Å²) < 4.78 is 10.9.